The van der Waals surface area contributed by atoms with E-state index in [4.69, 9.17) is 5.73 Å². The third-order valence-corrected chi connectivity index (χ3v) is 4.13. The highest BCUT2D eigenvalue weighted by atomic mass is 16.3. The summed E-state index contributed by atoms with van der Waals surface area (Å²) >= 11 is 0. The van der Waals surface area contributed by atoms with Gasteiger partial charge >= 0.3 is 0 Å². The highest BCUT2D eigenvalue weighted by Crippen LogP contribution is 2.34. The lowest BCUT2D eigenvalue weighted by Crippen LogP contribution is -2.38. The fraction of sp³-hybridized carbons (Fsp3) is 0.625. The molecule has 2 nitrogen and oxygen atoms in total. The summed E-state index contributed by atoms with van der Waals surface area (Å²) in [5, 5.41) is 9.29. The SMILES string of the molecule is CC(O)CCc1ccc(C2(N)CCCCC2)cc1. The van der Waals surface area contributed by atoms with Crippen LogP contribution in [-0.4, -0.2) is 11.2 Å². The number of hydrogen-bond donors (Lipinski definition) is 2. The van der Waals surface area contributed by atoms with E-state index < -0.39 is 0 Å². The van der Waals surface area contributed by atoms with E-state index in [1.54, 1.807) is 0 Å². The molecule has 0 saturated heterocycles. The van der Waals surface area contributed by atoms with Crippen molar-refractivity contribution in [2.75, 3.05) is 0 Å². The molecule has 1 fully saturated rings. The first-order chi connectivity index (χ1) is 8.60. The average Bonchev–Trinajstić information content (AvgIpc) is 2.38. The maximum Gasteiger partial charge on any atom is 0.0515 e. The van der Waals surface area contributed by atoms with Crippen molar-refractivity contribution in [3.8, 4) is 0 Å². The first-order valence-electron chi connectivity index (χ1n) is 7.16. The molecule has 1 saturated carbocycles. The van der Waals surface area contributed by atoms with Crippen LogP contribution in [-0.2, 0) is 12.0 Å². The van der Waals surface area contributed by atoms with Crippen LogP contribution in [0.15, 0.2) is 24.3 Å². The van der Waals surface area contributed by atoms with Gasteiger partial charge in [-0.1, -0.05) is 43.5 Å². The summed E-state index contributed by atoms with van der Waals surface area (Å²) < 4.78 is 0. The van der Waals surface area contributed by atoms with Gasteiger partial charge in [0.15, 0.2) is 0 Å². The number of aliphatic hydroxyl groups excluding tert-OH is 1. The smallest absolute Gasteiger partial charge is 0.0515 e. The number of rotatable bonds is 4. The van der Waals surface area contributed by atoms with Crippen LogP contribution in [0.3, 0.4) is 0 Å². The van der Waals surface area contributed by atoms with Gasteiger partial charge in [-0.3, -0.25) is 0 Å². The second kappa shape index (κ2) is 5.85. The lowest BCUT2D eigenvalue weighted by Gasteiger charge is -2.34. The monoisotopic (exact) mass is 247 g/mol. The Morgan fingerprint density at radius 3 is 2.33 bits per heavy atom. The molecule has 0 heterocycles. The molecule has 1 aliphatic carbocycles. The minimum atomic E-state index is -0.219. The van der Waals surface area contributed by atoms with E-state index in [9.17, 15) is 5.11 Å². The number of hydrogen-bond acceptors (Lipinski definition) is 2. The van der Waals surface area contributed by atoms with Gasteiger partial charge in [0.25, 0.3) is 0 Å². The van der Waals surface area contributed by atoms with Gasteiger partial charge in [0.05, 0.1) is 6.10 Å². The Labute approximate surface area is 110 Å². The first kappa shape index (κ1) is 13.6. The Hall–Kier alpha value is -0.860. The zero-order valence-electron chi connectivity index (χ0n) is 11.4. The van der Waals surface area contributed by atoms with Crippen LogP contribution in [0.2, 0.25) is 0 Å². The third kappa shape index (κ3) is 3.33. The van der Waals surface area contributed by atoms with Gasteiger partial charge in [-0.15, -0.1) is 0 Å². The number of aliphatic hydroxyl groups is 1. The Balaban J connectivity index is 2.02. The molecule has 100 valence electrons. The highest BCUT2D eigenvalue weighted by Gasteiger charge is 2.28. The third-order valence-electron chi connectivity index (χ3n) is 4.13. The van der Waals surface area contributed by atoms with Crippen LogP contribution >= 0.6 is 0 Å². The fourth-order valence-corrected chi connectivity index (χ4v) is 2.85. The van der Waals surface area contributed by atoms with E-state index in [0.717, 1.165) is 25.7 Å². The topological polar surface area (TPSA) is 46.2 Å². The van der Waals surface area contributed by atoms with Crippen LogP contribution < -0.4 is 5.73 Å². The van der Waals surface area contributed by atoms with Gasteiger partial charge in [0.1, 0.15) is 0 Å². The predicted molar refractivity (Wildman–Crippen MR) is 75.4 cm³/mol. The van der Waals surface area contributed by atoms with Crippen LogP contribution in [0.25, 0.3) is 0 Å². The van der Waals surface area contributed by atoms with E-state index in [0.29, 0.717) is 0 Å². The van der Waals surface area contributed by atoms with Crippen molar-refractivity contribution < 1.29 is 5.11 Å². The van der Waals surface area contributed by atoms with Gasteiger partial charge in [0.2, 0.25) is 0 Å². The molecule has 3 N–H and O–H groups in total. The molecule has 1 unspecified atom stereocenters. The Bertz CT molecular complexity index is 363. The number of nitrogens with two attached hydrogens (primary N) is 1. The normalized spacial score (nSPS) is 20.6. The maximum absolute atomic E-state index is 9.29. The predicted octanol–water partition coefficient (Wildman–Crippen LogP) is 3.12. The average molecular weight is 247 g/mol. The van der Waals surface area contributed by atoms with E-state index in [2.05, 4.69) is 24.3 Å². The molecule has 0 amide bonds. The molecular weight excluding hydrogens is 222 g/mol. The van der Waals surface area contributed by atoms with Gasteiger partial charge < -0.3 is 10.8 Å². The van der Waals surface area contributed by atoms with Crippen LogP contribution in [0.1, 0.15) is 56.6 Å². The highest BCUT2D eigenvalue weighted by molar-refractivity contribution is 5.29. The Kier molecular flexibility index (Phi) is 4.41. The van der Waals surface area contributed by atoms with Crippen LogP contribution in [0, 0.1) is 0 Å². The zero-order valence-corrected chi connectivity index (χ0v) is 11.4. The van der Waals surface area contributed by atoms with Crippen molar-refractivity contribution in [3.05, 3.63) is 35.4 Å². The van der Waals surface area contributed by atoms with E-state index in [1.807, 2.05) is 6.92 Å². The van der Waals surface area contributed by atoms with Crippen molar-refractivity contribution >= 4 is 0 Å². The van der Waals surface area contributed by atoms with Crippen molar-refractivity contribution in [1.29, 1.82) is 0 Å². The van der Waals surface area contributed by atoms with E-state index in [-0.39, 0.29) is 11.6 Å². The largest absolute Gasteiger partial charge is 0.393 e. The number of benzene rings is 1. The van der Waals surface area contributed by atoms with Gasteiger partial charge in [-0.25, -0.2) is 0 Å². The minimum absolute atomic E-state index is 0.0962. The summed E-state index contributed by atoms with van der Waals surface area (Å²) in [4.78, 5) is 0. The molecule has 1 atom stereocenters. The molecule has 0 bridgehead atoms. The van der Waals surface area contributed by atoms with Crippen molar-refractivity contribution in [2.24, 2.45) is 5.73 Å². The molecule has 1 aliphatic rings. The second-order valence-electron chi connectivity index (χ2n) is 5.80. The molecule has 0 aliphatic heterocycles. The summed E-state index contributed by atoms with van der Waals surface area (Å²) in [7, 11) is 0. The fourth-order valence-electron chi connectivity index (χ4n) is 2.85. The molecule has 18 heavy (non-hydrogen) atoms. The molecule has 0 aromatic heterocycles. The second-order valence-corrected chi connectivity index (χ2v) is 5.80. The van der Waals surface area contributed by atoms with Gasteiger partial charge in [0, 0.05) is 5.54 Å². The quantitative estimate of drug-likeness (QED) is 0.858. The zero-order chi connectivity index (χ0) is 13.0. The standard InChI is InChI=1S/C16H25NO/c1-13(18)5-6-14-7-9-15(10-8-14)16(17)11-3-2-4-12-16/h7-10,13,18H,2-6,11-12,17H2,1H3. The Morgan fingerprint density at radius 1 is 1.17 bits per heavy atom. The minimum Gasteiger partial charge on any atom is -0.393 e. The Morgan fingerprint density at radius 2 is 1.78 bits per heavy atom. The summed E-state index contributed by atoms with van der Waals surface area (Å²) in [5.74, 6) is 0. The van der Waals surface area contributed by atoms with E-state index in [1.165, 1.54) is 30.4 Å². The van der Waals surface area contributed by atoms with Crippen molar-refractivity contribution in [1.82, 2.24) is 0 Å². The van der Waals surface area contributed by atoms with E-state index >= 15 is 0 Å². The number of aryl methyl sites for hydroxylation is 1. The molecular formula is C16H25NO. The molecule has 0 radical (unpaired) electrons. The summed E-state index contributed by atoms with van der Waals surface area (Å²) in [6.07, 6.45) is 7.60. The molecule has 1 aromatic rings. The van der Waals surface area contributed by atoms with Gasteiger partial charge in [-0.2, -0.15) is 0 Å². The maximum atomic E-state index is 9.29. The lowest BCUT2D eigenvalue weighted by molar-refractivity contribution is 0.185. The van der Waals surface area contributed by atoms with Gasteiger partial charge in [-0.05, 0) is 43.7 Å². The molecule has 2 heteroatoms. The molecule has 1 aromatic carbocycles. The lowest BCUT2D eigenvalue weighted by atomic mass is 9.77. The molecule has 2 rings (SSSR count). The summed E-state index contributed by atoms with van der Waals surface area (Å²) in [6, 6.07) is 8.70. The first-order valence-corrected chi connectivity index (χ1v) is 7.16. The summed E-state index contributed by atoms with van der Waals surface area (Å²) in [6.45, 7) is 1.84. The van der Waals surface area contributed by atoms with Crippen molar-refractivity contribution in [2.45, 2.75) is 63.5 Å². The van der Waals surface area contributed by atoms with Crippen LogP contribution in [0.4, 0.5) is 0 Å². The summed E-state index contributed by atoms with van der Waals surface area (Å²) in [5.41, 5.74) is 8.99. The van der Waals surface area contributed by atoms with Crippen molar-refractivity contribution in [3.63, 3.8) is 0 Å². The van der Waals surface area contributed by atoms with Crippen LogP contribution in [0.5, 0.6) is 0 Å². The molecule has 0 spiro atoms.